The van der Waals surface area contributed by atoms with Crippen molar-refractivity contribution in [2.45, 2.75) is 116 Å². The Hall–Kier alpha value is -1.84. The van der Waals surface area contributed by atoms with Gasteiger partial charge in [-0.15, -0.1) is 0 Å². The molecule has 0 saturated carbocycles. The first-order valence-corrected chi connectivity index (χ1v) is 13.2. The molecule has 1 aliphatic rings. The van der Waals surface area contributed by atoms with Crippen LogP contribution in [0.15, 0.2) is 30.3 Å². The lowest BCUT2D eigenvalue weighted by atomic mass is 10.0. The van der Waals surface area contributed by atoms with Crippen LogP contribution in [0.4, 0.5) is 0 Å². The van der Waals surface area contributed by atoms with Gasteiger partial charge in [0, 0.05) is 6.54 Å². The molecule has 0 spiro atoms. The molecule has 1 amide bonds. The monoisotopic (exact) mass is 443 g/mol. The number of rotatable bonds is 17. The van der Waals surface area contributed by atoms with Crippen LogP contribution in [-0.2, 0) is 20.7 Å². The molecule has 0 bridgehead atoms. The lowest BCUT2D eigenvalue weighted by Gasteiger charge is -2.23. The number of hydrogen-bond donors (Lipinski definition) is 0. The van der Waals surface area contributed by atoms with E-state index >= 15 is 0 Å². The van der Waals surface area contributed by atoms with Gasteiger partial charge in [0.25, 0.3) is 0 Å². The van der Waals surface area contributed by atoms with Gasteiger partial charge in [0.1, 0.15) is 6.04 Å². The zero-order valence-corrected chi connectivity index (χ0v) is 20.4. The van der Waals surface area contributed by atoms with Gasteiger partial charge in [-0.1, -0.05) is 114 Å². The van der Waals surface area contributed by atoms with Crippen molar-refractivity contribution in [2.75, 3.05) is 13.2 Å². The second-order valence-corrected chi connectivity index (χ2v) is 9.32. The molecule has 0 aliphatic carbocycles. The number of likely N-dealkylation sites (tertiary alicyclic amines) is 1. The fourth-order valence-corrected chi connectivity index (χ4v) is 4.57. The van der Waals surface area contributed by atoms with Crippen LogP contribution in [0.1, 0.15) is 109 Å². The van der Waals surface area contributed by atoms with E-state index in [9.17, 15) is 9.59 Å². The molecule has 32 heavy (non-hydrogen) atoms. The molecular formula is C28H45NO3. The fourth-order valence-electron chi connectivity index (χ4n) is 4.57. The summed E-state index contributed by atoms with van der Waals surface area (Å²) in [4.78, 5) is 26.9. The van der Waals surface area contributed by atoms with Crippen molar-refractivity contribution in [3.63, 3.8) is 0 Å². The number of esters is 1. The molecule has 1 aromatic carbocycles. The van der Waals surface area contributed by atoms with Crippen LogP contribution in [-0.4, -0.2) is 36.0 Å². The molecule has 1 atom stereocenters. The quantitative estimate of drug-likeness (QED) is 0.195. The van der Waals surface area contributed by atoms with Gasteiger partial charge in [-0.25, -0.2) is 4.79 Å². The second kappa shape index (κ2) is 16.7. The number of hydrogen-bond acceptors (Lipinski definition) is 3. The minimum atomic E-state index is -0.395. The van der Waals surface area contributed by atoms with E-state index in [1.54, 1.807) is 4.90 Å². The van der Waals surface area contributed by atoms with Crippen molar-refractivity contribution >= 4 is 11.9 Å². The van der Waals surface area contributed by atoms with E-state index in [1.807, 2.05) is 30.3 Å². The van der Waals surface area contributed by atoms with E-state index in [4.69, 9.17) is 4.74 Å². The Morgan fingerprint density at radius 2 is 1.41 bits per heavy atom. The molecule has 1 aliphatic heterocycles. The van der Waals surface area contributed by atoms with Crippen molar-refractivity contribution in [1.29, 1.82) is 0 Å². The minimum absolute atomic E-state index is 0.0246. The number of benzene rings is 1. The van der Waals surface area contributed by atoms with E-state index in [1.165, 1.54) is 70.6 Å². The predicted molar refractivity (Wildman–Crippen MR) is 132 cm³/mol. The molecule has 1 saturated heterocycles. The molecule has 1 unspecified atom stereocenters. The Balaban J connectivity index is 1.48. The number of amides is 1. The third-order valence-corrected chi connectivity index (χ3v) is 6.54. The Morgan fingerprint density at radius 3 is 2.00 bits per heavy atom. The summed E-state index contributed by atoms with van der Waals surface area (Å²) in [5, 5.41) is 0. The predicted octanol–water partition coefficient (Wildman–Crippen LogP) is 6.85. The summed E-state index contributed by atoms with van der Waals surface area (Å²) in [6.45, 7) is 3.40. The maximum atomic E-state index is 12.6. The van der Waals surface area contributed by atoms with E-state index in [0.29, 0.717) is 19.6 Å². The first-order valence-electron chi connectivity index (χ1n) is 13.2. The Labute approximate surface area is 196 Å². The molecule has 2 rings (SSSR count). The lowest BCUT2D eigenvalue weighted by Crippen LogP contribution is -2.42. The number of carbonyl (C=O) groups is 2. The topological polar surface area (TPSA) is 46.6 Å². The van der Waals surface area contributed by atoms with Gasteiger partial charge in [0.2, 0.25) is 5.91 Å². The van der Waals surface area contributed by atoms with Crippen LogP contribution in [0.3, 0.4) is 0 Å². The summed E-state index contributed by atoms with van der Waals surface area (Å²) in [6, 6.07) is 9.34. The average molecular weight is 444 g/mol. The SMILES string of the molecule is CCCCCCCCCCCCCCCOC(=O)C1CCCN1C(=O)Cc1ccccc1. The summed E-state index contributed by atoms with van der Waals surface area (Å²) in [7, 11) is 0. The van der Waals surface area contributed by atoms with E-state index in [0.717, 1.165) is 31.2 Å². The minimum Gasteiger partial charge on any atom is -0.464 e. The number of ether oxygens (including phenoxy) is 1. The Kier molecular flexibility index (Phi) is 13.8. The smallest absolute Gasteiger partial charge is 0.328 e. The fraction of sp³-hybridized carbons (Fsp3) is 0.714. The molecule has 1 heterocycles. The highest BCUT2D eigenvalue weighted by atomic mass is 16.5. The number of nitrogens with zero attached hydrogens (tertiary/aromatic N) is 1. The van der Waals surface area contributed by atoms with Gasteiger partial charge < -0.3 is 9.64 Å². The van der Waals surface area contributed by atoms with Gasteiger partial charge in [-0.3, -0.25) is 4.79 Å². The largest absolute Gasteiger partial charge is 0.464 e. The van der Waals surface area contributed by atoms with E-state index in [-0.39, 0.29) is 11.9 Å². The van der Waals surface area contributed by atoms with Crippen LogP contribution in [0, 0.1) is 0 Å². The normalized spacial score (nSPS) is 15.8. The van der Waals surface area contributed by atoms with Gasteiger partial charge in [0.15, 0.2) is 0 Å². The molecule has 4 nitrogen and oxygen atoms in total. The van der Waals surface area contributed by atoms with Crippen LogP contribution >= 0.6 is 0 Å². The van der Waals surface area contributed by atoms with Crippen LogP contribution in [0.2, 0.25) is 0 Å². The number of unbranched alkanes of at least 4 members (excludes halogenated alkanes) is 12. The maximum absolute atomic E-state index is 12.6. The van der Waals surface area contributed by atoms with Crippen molar-refractivity contribution in [3.05, 3.63) is 35.9 Å². The van der Waals surface area contributed by atoms with Gasteiger partial charge in [0.05, 0.1) is 13.0 Å². The average Bonchev–Trinajstić information content (AvgIpc) is 3.30. The van der Waals surface area contributed by atoms with Gasteiger partial charge in [-0.2, -0.15) is 0 Å². The van der Waals surface area contributed by atoms with Crippen LogP contribution in [0.25, 0.3) is 0 Å². The molecule has 1 fully saturated rings. The zero-order valence-electron chi connectivity index (χ0n) is 20.4. The molecule has 0 radical (unpaired) electrons. The Morgan fingerprint density at radius 1 is 0.844 bits per heavy atom. The zero-order chi connectivity index (χ0) is 22.9. The standard InChI is InChI=1S/C28H45NO3/c1-2-3-4-5-6-7-8-9-10-11-12-13-17-23-32-28(31)26-21-18-22-29(26)27(30)24-25-19-15-14-16-20-25/h14-16,19-20,26H,2-13,17-18,21-24H2,1H3. The highest BCUT2D eigenvalue weighted by Crippen LogP contribution is 2.20. The van der Waals surface area contributed by atoms with Crippen molar-refractivity contribution in [3.8, 4) is 0 Å². The summed E-state index contributed by atoms with van der Waals surface area (Å²) in [5.74, 6) is -0.195. The molecule has 0 aromatic heterocycles. The van der Waals surface area contributed by atoms with Crippen molar-refractivity contribution in [1.82, 2.24) is 4.90 Å². The highest BCUT2D eigenvalue weighted by molar-refractivity contribution is 5.86. The third kappa shape index (κ3) is 10.7. The molecular weight excluding hydrogens is 398 g/mol. The Bertz CT molecular complexity index is 631. The van der Waals surface area contributed by atoms with E-state index < -0.39 is 6.04 Å². The first-order chi connectivity index (χ1) is 15.7. The highest BCUT2D eigenvalue weighted by Gasteiger charge is 2.34. The van der Waals surface area contributed by atoms with E-state index in [2.05, 4.69) is 6.92 Å². The molecule has 0 N–H and O–H groups in total. The van der Waals surface area contributed by atoms with Gasteiger partial charge in [-0.05, 0) is 24.8 Å². The summed E-state index contributed by atoms with van der Waals surface area (Å²) >= 11 is 0. The number of carbonyl (C=O) groups excluding carboxylic acids is 2. The van der Waals surface area contributed by atoms with Gasteiger partial charge >= 0.3 is 5.97 Å². The van der Waals surface area contributed by atoms with Crippen LogP contribution < -0.4 is 0 Å². The molecule has 1 aromatic rings. The summed E-state index contributed by atoms with van der Waals surface area (Å²) in [6.07, 6.45) is 18.9. The molecule has 4 heteroatoms. The first kappa shape index (κ1) is 26.4. The summed E-state index contributed by atoms with van der Waals surface area (Å²) < 4.78 is 5.52. The molecule has 180 valence electrons. The second-order valence-electron chi connectivity index (χ2n) is 9.32. The van der Waals surface area contributed by atoms with Crippen molar-refractivity contribution in [2.24, 2.45) is 0 Å². The maximum Gasteiger partial charge on any atom is 0.328 e. The lowest BCUT2D eigenvalue weighted by molar-refractivity contribution is -0.153. The summed E-state index contributed by atoms with van der Waals surface area (Å²) in [5.41, 5.74) is 0.989. The third-order valence-electron chi connectivity index (χ3n) is 6.54. The van der Waals surface area contributed by atoms with Crippen molar-refractivity contribution < 1.29 is 14.3 Å². The van der Waals surface area contributed by atoms with Crippen LogP contribution in [0.5, 0.6) is 0 Å².